The first-order chi connectivity index (χ1) is 16.6. The second-order valence-corrected chi connectivity index (χ2v) is 9.76. The Hall–Kier alpha value is -3.28. The van der Waals surface area contributed by atoms with E-state index in [1.807, 2.05) is 37.5 Å². The van der Waals surface area contributed by atoms with Crippen LogP contribution in [0.1, 0.15) is 33.4 Å². The van der Waals surface area contributed by atoms with Gasteiger partial charge in [0.1, 0.15) is 23.5 Å². The Morgan fingerprint density at radius 1 is 1.09 bits per heavy atom. The molecule has 2 saturated heterocycles. The summed E-state index contributed by atoms with van der Waals surface area (Å²) in [7, 11) is 0. The molecule has 1 N–H and O–H groups in total. The number of anilines is 2. The number of carbonyl (C=O) groups excluding carboxylic acids is 1. The summed E-state index contributed by atoms with van der Waals surface area (Å²) < 4.78 is 13.9. The van der Waals surface area contributed by atoms with Crippen LogP contribution in [0.5, 0.6) is 0 Å². The van der Waals surface area contributed by atoms with Crippen LogP contribution >= 0.6 is 0 Å². The van der Waals surface area contributed by atoms with Gasteiger partial charge in [-0.15, -0.1) is 5.10 Å². The molecule has 0 spiro atoms. The van der Waals surface area contributed by atoms with E-state index in [9.17, 15) is 19.5 Å². The second kappa shape index (κ2) is 9.76. The van der Waals surface area contributed by atoms with Gasteiger partial charge in [-0.25, -0.2) is 4.79 Å². The number of aliphatic carboxylic acids is 1. The number of aromatic nitrogens is 3. The molecule has 4 rings (SSSR count). The quantitative estimate of drug-likeness (QED) is 0.655. The van der Waals surface area contributed by atoms with Gasteiger partial charge in [-0.3, -0.25) is 9.59 Å². The van der Waals surface area contributed by atoms with E-state index in [4.69, 9.17) is 9.47 Å². The largest absolute Gasteiger partial charge is 0.480 e. The van der Waals surface area contributed by atoms with Crippen molar-refractivity contribution in [2.45, 2.75) is 46.3 Å². The zero-order valence-electron chi connectivity index (χ0n) is 20.8. The highest BCUT2D eigenvalue weighted by Gasteiger charge is 2.30. The van der Waals surface area contributed by atoms with Gasteiger partial charge in [0, 0.05) is 51.0 Å². The van der Waals surface area contributed by atoms with Gasteiger partial charge in [-0.05, 0) is 27.2 Å². The average Bonchev–Trinajstić information content (AvgIpc) is 3.26. The topological polar surface area (TPSA) is 122 Å². The second-order valence-electron chi connectivity index (χ2n) is 9.76. The minimum Gasteiger partial charge on any atom is -0.480 e. The Kier molecular flexibility index (Phi) is 6.93. The molecule has 2 aliphatic rings. The summed E-state index contributed by atoms with van der Waals surface area (Å²) >= 11 is 0. The molecule has 0 bridgehead atoms. The van der Waals surface area contributed by atoms with Gasteiger partial charge in [-0.1, -0.05) is 6.92 Å². The highest BCUT2D eigenvalue weighted by atomic mass is 16.6. The summed E-state index contributed by atoms with van der Waals surface area (Å²) in [4.78, 5) is 43.5. The molecule has 0 aliphatic carbocycles. The van der Waals surface area contributed by atoms with Gasteiger partial charge in [0.2, 0.25) is 0 Å². The minimum absolute atomic E-state index is 0.286. The first-order valence-electron chi connectivity index (χ1n) is 12.0. The molecule has 1 amide bonds. The third-order valence-electron chi connectivity index (χ3n) is 6.16. The summed E-state index contributed by atoms with van der Waals surface area (Å²) in [5.41, 5.74) is 0.652. The molecule has 12 nitrogen and oxygen atoms in total. The Bertz CT molecular complexity index is 1150. The fraction of sp³-hybridized carbons (Fsp3) is 0.652. The maximum Gasteiger partial charge on any atom is 0.410 e. The van der Waals surface area contributed by atoms with Crippen molar-refractivity contribution in [1.29, 1.82) is 0 Å². The number of carboxylic acids is 1. The highest BCUT2D eigenvalue weighted by Crippen LogP contribution is 2.24. The fourth-order valence-electron chi connectivity index (χ4n) is 4.56. The number of ether oxygens (including phenoxy) is 2. The minimum atomic E-state index is -1.000. The SMILES string of the molecule is CCc1c(N2CCN(C(=O)OC(C)(C)C)CC2)c(=O)n2nc(N3CCOCC3)cc2n1CC(=O)O. The normalized spacial score (nSPS) is 17.2. The number of rotatable bonds is 5. The van der Waals surface area contributed by atoms with Crippen molar-refractivity contribution in [2.24, 2.45) is 0 Å². The van der Waals surface area contributed by atoms with Gasteiger partial charge in [0.05, 0.1) is 13.2 Å². The number of hydrogen-bond acceptors (Lipinski definition) is 8. The van der Waals surface area contributed by atoms with E-state index in [1.54, 1.807) is 15.5 Å². The summed E-state index contributed by atoms with van der Waals surface area (Å²) in [6.07, 6.45) is 0.0902. The first-order valence-corrected chi connectivity index (χ1v) is 12.0. The molecule has 35 heavy (non-hydrogen) atoms. The van der Waals surface area contributed by atoms with E-state index in [0.29, 0.717) is 81.7 Å². The van der Waals surface area contributed by atoms with E-state index >= 15 is 0 Å². The Morgan fingerprint density at radius 2 is 1.74 bits per heavy atom. The van der Waals surface area contributed by atoms with Crippen LogP contribution in [0, 0.1) is 0 Å². The number of piperazine rings is 1. The van der Waals surface area contributed by atoms with Crippen LogP contribution in [-0.4, -0.2) is 94.3 Å². The van der Waals surface area contributed by atoms with Gasteiger partial charge in [-0.2, -0.15) is 4.52 Å². The molecule has 2 fully saturated rings. The first kappa shape index (κ1) is 24.8. The van der Waals surface area contributed by atoms with Crippen molar-refractivity contribution in [3.8, 4) is 0 Å². The zero-order chi connectivity index (χ0) is 25.3. The van der Waals surface area contributed by atoms with E-state index in [-0.39, 0.29) is 18.2 Å². The molecule has 4 heterocycles. The Morgan fingerprint density at radius 3 is 2.31 bits per heavy atom. The Labute approximate surface area is 203 Å². The van der Waals surface area contributed by atoms with Gasteiger partial charge < -0.3 is 33.8 Å². The zero-order valence-corrected chi connectivity index (χ0v) is 20.8. The summed E-state index contributed by atoms with van der Waals surface area (Å²) in [5, 5.41) is 14.2. The molecule has 0 saturated carbocycles. The maximum absolute atomic E-state index is 13.7. The standard InChI is InChI=1S/C23H34N6O6/c1-5-16-20(26-6-8-27(9-7-26)22(33)35-23(2,3)4)21(32)29-18(28(16)15-19(30)31)14-17(24-29)25-10-12-34-13-11-25/h14H,5-13,15H2,1-4H3,(H,30,31). The van der Waals surface area contributed by atoms with Crippen LogP contribution in [0.4, 0.5) is 16.3 Å². The third kappa shape index (κ3) is 5.21. The molecule has 2 aliphatic heterocycles. The molecular formula is C23H34N6O6. The van der Waals surface area contributed by atoms with Crippen molar-refractivity contribution >= 4 is 29.2 Å². The van der Waals surface area contributed by atoms with Crippen LogP contribution in [0.25, 0.3) is 5.65 Å². The van der Waals surface area contributed by atoms with Crippen molar-refractivity contribution in [3.63, 3.8) is 0 Å². The van der Waals surface area contributed by atoms with E-state index in [2.05, 4.69) is 5.10 Å². The number of hydrogen-bond donors (Lipinski definition) is 1. The molecule has 0 unspecified atom stereocenters. The maximum atomic E-state index is 13.7. The van der Waals surface area contributed by atoms with Gasteiger partial charge in [0.15, 0.2) is 5.82 Å². The smallest absolute Gasteiger partial charge is 0.410 e. The predicted molar refractivity (Wildman–Crippen MR) is 130 cm³/mol. The van der Waals surface area contributed by atoms with E-state index in [0.717, 1.165) is 0 Å². The summed E-state index contributed by atoms with van der Waals surface area (Å²) in [5.74, 6) is -0.376. The number of nitrogens with zero attached hydrogens (tertiary/aromatic N) is 6. The molecule has 12 heteroatoms. The van der Waals surface area contributed by atoms with Gasteiger partial charge in [0.25, 0.3) is 5.56 Å². The van der Waals surface area contributed by atoms with Gasteiger partial charge >= 0.3 is 12.1 Å². The lowest BCUT2D eigenvalue weighted by molar-refractivity contribution is -0.137. The third-order valence-corrected chi connectivity index (χ3v) is 6.16. The van der Waals surface area contributed by atoms with E-state index in [1.165, 1.54) is 4.52 Å². The number of morpholine rings is 1. The fourth-order valence-corrected chi connectivity index (χ4v) is 4.56. The predicted octanol–water partition coefficient (Wildman–Crippen LogP) is 1.04. The molecule has 0 atom stereocenters. The lowest BCUT2D eigenvalue weighted by Crippen LogP contribution is -2.51. The monoisotopic (exact) mass is 490 g/mol. The summed E-state index contributed by atoms with van der Waals surface area (Å²) in [6, 6.07) is 1.78. The van der Waals surface area contributed by atoms with Crippen LogP contribution in [0.2, 0.25) is 0 Å². The molecule has 0 radical (unpaired) electrons. The lowest BCUT2D eigenvalue weighted by atomic mass is 10.2. The van der Waals surface area contributed by atoms with Crippen LogP contribution < -0.4 is 15.4 Å². The summed E-state index contributed by atoms with van der Waals surface area (Å²) in [6.45, 7) is 11.2. The van der Waals surface area contributed by atoms with Crippen LogP contribution in [0.15, 0.2) is 10.9 Å². The van der Waals surface area contributed by atoms with Crippen LogP contribution in [0.3, 0.4) is 0 Å². The molecule has 0 aromatic carbocycles. The lowest BCUT2D eigenvalue weighted by Gasteiger charge is -2.37. The number of carboxylic acid groups (broad SMARTS) is 1. The van der Waals surface area contributed by atoms with Crippen molar-refractivity contribution in [3.05, 3.63) is 22.1 Å². The van der Waals surface area contributed by atoms with Crippen molar-refractivity contribution in [2.75, 3.05) is 62.3 Å². The molecule has 2 aromatic rings. The molecule has 2 aromatic heterocycles. The molecule has 192 valence electrons. The average molecular weight is 491 g/mol. The van der Waals surface area contributed by atoms with Crippen molar-refractivity contribution < 1.29 is 24.2 Å². The number of amides is 1. The van der Waals surface area contributed by atoms with E-state index < -0.39 is 11.6 Å². The Balaban J connectivity index is 1.71. The van der Waals surface area contributed by atoms with Crippen LogP contribution in [-0.2, 0) is 27.2 Å². The molecular weight excluding hydrogens is 456 g/mol. The highest BCUT2D eigenvalue weighted by molar-refractivity contribution is 5.70. The van der Waals surface area contributed by atoms with Crippen molar-refractivity contribution in [1.82, 2.24) is 19.1 Å². The number of fused-ring (bicyclic) bond motifs is 1. The number of carbonyl (C=O) groups is 2.